The SMILES string of the molecule is O=C(CC(c1ccc(Br)cc1)N1C(=O)C2C3C=CC(C3)C2C1=O)Nc1ccc(O)cc1. The van der Waals surface area contributed by atoms with Crippen LogP contribution in [0.1, 0.15) is 24.4 Å². The molecule has 3 aliphatic rings. The maximum absolute atomic E-state index is 13.3. The summed E-state index contributed by atoms with van der Waals surface area (Å²) in [6, 6.07) is 12.9. The predicted molar refractivity (Wildman–Crippen MR) is 118 cm³/mol. The first-order valence-corrected chi connectivity index (χ1v) is 11.1. The number of nitrogens with one attached hydrogen (secondary N) is 1. The summed E-state index contributed by atoms with van der Waals surface area (Å²) in [6.07, 6.45) is 4.95. The van der Waals surface area contributed by atoms with Crippen LogP contribution in [0.25, 0.3) is 0 Å². The number of likely N-dealkylation sites (tertiary alicyclic amines) is 1. The fourth-order valence-electron chi connectivity index (χ4n) is 5.21. The molecule has 2 fully saturated rings. The molecular weight excluding hydrogens is 460 g/mol. The third-order valence-electron chi connectivity index (χ3n) is 6.60. The molecule has 1 aliphatic heterocycles. The van der Waals surface area contributed by atoms with Gasteiger partial charge in [-0.05, 0) is 60.2 Å². The molecule has 2 aromatic carbocycles. The van der Waals surface area contributed by atoms with Crippen molar-refractivity contribution in [3.63, 3.8) is 0 Å². The standard InChI is InChI=1S/C24H21BrN2O4/c25-16-5-3-13(4-6-16)19(12-20(29)26-17-7-9-18(28)10-8-17)27-23(30)21-14-1-2-15(11-14)22(21)24(27)31/h1-10,14-15,19,21-22,28H,11-12H2,(H,26,29). The zero-order valence-corrected chi connectivity index (χ0v) is 18.2. The van der Waals surface area contributed by atoms with Crippen LogP contribution in [0.3, 0.4) is 0 Å². The van der Waals surface area contributed by atoms with Gasteiger partial charge in [-0.1, -0.05) is 40.2 Å². The van der Waals surface area contributed by atoms with E-state index in [1.807, 2.05) is 24.3 Å². The molecule has 2 aliphatic carbocycles. The minimum absolute atomic E-state index is 0.0395. The first-order chi connectivity index (χ1) is 14.9. The van der Waals surface area contributed by atoms with Crippen molar-refractivity contribution in [2.45, 2.75) is 18.9 Å². The molecule has 1 heterocycles. The topological polar surface area (TPSA) is 86.7 Å². The van der Waals surface area contributed by atoms with Crippen molar-refractivity contribution in [3.8, 4) is 5.75 Å². The molecule has 2 bridgehead atoms. The molecule has 6 nitrogen and oxygen atoms in total. The molecular formula is C24H21BrN2O4. The van der Waals surface area contributed by atoms with Crippen molar-refractivity contribution in [1.82, 2.24) is 4.90 Å². The number of fused-ring (bicyclic) bond motifs is 5. The summed E-state index contributed by atoms with van der Waals surface area (Å²) in [5, 5.41) is 12.2. The Morgan fingerprint density at radius 2 is 1.58 bits per heavy atom. The molecule has 5 rings (SSSR count). The van der Waals surface area contributed by atoms with Gasteiger partial charge in [-0.25, -0.2) is 0 Å². The number of allylic oxidation sites excluding steroid dienone is 2. The highest BCUT2D eigenvalue weighted by Crippen LogP contribution is 2.54. The highest BCUT2D eigenvalue weighted by Gasteiger charge is 2.60. The van der Waals surface area contributed by atoms with Crippen LogP contribution in [0.5, 0.6) is 5.75 Å². The Morgan fingerprint density at radius 3 is 2.16 bits per heavy atom. The largest absolute Gasteiger partial charge is 0.508 e. The number of aromatic hydroxyl groups is 1. The average Bonchev–Trinajstić information content (AvgIpc) is 3.43. The third kappa shape index (κ3) is 3.47. The summed E-state index contributed by atoms with van der Waals surface area (Å²) in [5.74, 6) is -0.914. The molecule has 0 spiro atoms. The highest BCUT2D eigenvalue weighted by atomic mass is 79.9. The van der Waals surface area contributed by atoms with Crippen molar-refractivity contribution in [2.75, 3.05) is 5.32 Å². The van der Waals surface area contributed by atoms with Crippen molar-refractivity contribution in [3.05, 3.63) is 70.7 Å². The van der Waals surface area contributed by atoms with E-state index in [4.69, 9.17) is 0 Å². The number of carbonyl (C=O) groups excluding carboxylic acids is 3. The normalized spacial score (nSPS) is 26.9. The molecule has 1 saturated heterocycles. The maximum Gasteiger partial charge on any atom is 0.234 e. The first-order valence-electron chi connectivity index (χ1n) is 10.3. The van der Waals surface area contributed by atoms with Crippen LogP contribution in [0.15, 0.2) is 65.2 Å². The number of anilines is 1. The van der Waals surface area contributed by atoms with Crippen LogP contribution in [0, 0.1) is 23.7 Å². The number of benzene rings is 2. The van der Waals surface area contributed by atoms with E-state index in [-0.39, 0.29) is 53.6 Å². The minimum atomic E-state index is -0.671. The zero-order chi connectivity index (χ0) is 21.7. The van der Waals surface area contributed by atoms with Gasteiger partial charge in [-0.2, -0.15) is 0 Å². The molecule has 0 radical (unpaired) electrons. The lowest BCUT2D eigenvalue weighted by molar-refractivity contribution is -0.144. The molecule has 7 heteroatoms. The Hall–Kier alpha value is -2.93. The van der Waals surface area contributed by atoms with Crippen LogP contribution in [-0.2, 0) is 14.4 Å². The molecule has 158 valence electrons. The number of amides is 3. The Labute approximate surface area is 188 Å². The van der Waals surface area contributed by atoms with Crippen LogP contribution in [-0.4, -0.2) is 27.7 Å². The fourth-order valence-corrected chi connectivity index (χ4v) is 5.47. The van der Waals surface area contributed by atoms with Gasteiger partial charge in [0.1, 0.15) is 5.75 Å². The second kappa shape index (κ2) is 7.64. The summed E-state index contributed by atoms with van der Waals surface area (Å²) < 4.78 is 0.877. The maximum atomic E-state index is 13.3. The number of carbonyl (C=O) groups is 3. The molecule has 3 amide bonds. The Balaban J connectivity index is 1.43. The average molecular weight is 481 g/mol. The molecule has 2 aromatic rings. The van der Waals surface area contributed by atoms with E-state index in [0.717, 1.165) is 16.5 Å². The number of halogens is 1. The quantitative estimate of drug-likeness (QED) is 0.384. The third-order valence-corrected chi connectivity index (χ3v) is 7.13. The zero-order valence-electron chi connectivity index (χ0n) is 16.6. The summed E-state index contributed by atoms with van der Waals surface area (Å²) in [6.45, 7) is 0. The van der Waals surface area contributed by atoms with E-state index >= 15 is 0 Å². The molecule has 5 atom stereocenters. The second-order valence-electron chi connectivity index (χ2n) is 8.41. The summed E-state index contributed by atoms with van der Waals surface area (Å²) in [4.78, 5) is 40.9. The molecule has 2 N–H and O–H groups in total. The van der Waals surface area contributed by atoms with Crippen LogP contribution >= 0.6 is 15.9 Å². The molecule has 31 heavy (non-hydrogen) atoms. The monoisotopic (exact) mass is 480 g/mol. The lowest BCUT2D eigenvalue weighted by atomic mass is 9.85. The van der Waals surface area contributed by atoms with E-state index in [1.54, 1.807) is 12.1 Å². The number of hydrogen-bond donors (Lipinski definition) is 2. The molecule has 1 saturated carbocycles. The van der Waals surface area contributed by atoms with Crippen LogP contribution in [0.2, 0.25) is 0 Å². The van der Waals surface area contributed by atoms with Crippen molar-refractivity contribution < 1.29 is 19.5 Å². The Kier molecular flexibility index (Phi) is 4.93. The van der Waals surface area contributed by atoms with E-state index in [2.05, 4.69) is 33.4 Å². The number of phenols is 1. The highest BCUT2D eigenvalue weighted by molar-refractivity contribution is 9.10. The van der Waals surface area contributed by atoms with Gasteiger partial charge >= 0.3 is 0 Å². The van der Waals surface area contributed by atoms with Crippen LogP contribution in [0.4, 0.5) is 5.69 Å². The van der Waals surface area contributed by atoms with Gasteiger partial charge in [0.05, 0.1) is 24.3 Å². The number of nitrogens with zero attached hydrogens (tertiary/aromatic N) is 1. The van der Waals surface area contributed by atoms with Gasteiger partial charge in [0.2, 0.25) is 17.7 Å². The molecule has 0 aromatic heterocycles. The van der Waals surface area contributed by atoms with E-state index in [0.29, 0.717) is 5.69 Å². The van der Waals surface area contributed by atoms with Gasteiger partial charge < -0.3 is 10.4 Å². The number of hydrogen-bond acceptors (Lipinski definition) is 4. The van der Waals surface area contributed by atoms with Crippen molar-refractivity contribution >= 4 is 39.3 Å². The van der Waals surface area contributed by atoms with Gasteiger partial charge in [-0.3, -0.25) is 19.3 Å². The first kappa shape index (κ1) is 20.0. The number of phenolic OH excluding ortho intramolecular Hbond substituents is 1. The van der Waals surface area contributed by atoms with Gasteiger partial charge in [-0.15, -0.1) is 0 Å². The predicted octanol–water partition coefficient (Wildman–Crippen LogP) is 4.03. The van der Waals surface area contributed by atoms with E-state index < -0.39 is 6.04 Å². The Morgan fingerprint density at radius 1 is 1.00 bits per heavy atom. The smallest absolute Gasteiger partial charge is 0.234 e. The van der Waals surface area contributed by atoms with Crippen molar-refractivity contribution in [2.24, 2.45) is 23.7 Å². The fraction of sp³-hybridized carbons (Fsp3) is 0.292. The Bertz CT molecular complexity index is 1050. The van der Waals surface area contributed by atoms with E-state index in [1.165, 1.54) is 17.0 Å². The summed E-state index contributed by atoms with van der Waals surface area (Å²) in [5.41, 5.74) is 1.28. The minimum Gasteiger partial charge on any atom is -0.508 e. The van der Waals surface area contributed by atoms with Gasteiger partial charge in [0.15, 0.2) is 0 Å². The summed E-state index contributed by atoms with van der Waals surface area (Å²) in [7, 11) is 0. The second-order valence-corrected chi connectivity index (χ2v) is 9.33. The number of imide groups is 1. The molecule has 5 unspecified atom stereocenters. The lowest BCUT2D eigenvalue weighted by Gasteiger charge is -2.28. The van der Waals surface area contributed by atoms with Crippen molar-refractivity contribution in [1.29, 1.82) is 0 Å². The van der Waals surface area contributed by atoms with Gasteiger partial charge in [0, 0.05) is 10.2 Å². The van der Waals surface area contributed by atoms with Gasteiger partial charge in [0.25, 0.3) is 0 Å². The number of rotatable bonds is 5. The lowest BCUT2D eigenvalue weighted by Crippen LogP contribution is -2.38. The van der Waals surface area contributed by atoms with Crippen LogP contribution < -0.4 is 5.32 Å². The van der Waals surface area contributed by atoms with E-state index in [9.17, 15) is 19.5 Å². The summed E-state index contributed by atoms with van der Waals surface area (Å²) >= 11 is 3.41.